The zero-order valence-electron chi connectivity index (χ0n) is 7.58. The highest BCUT2D eigenvalue weighted by Gasteiger charge is 1.87. The molecule has 10 heavy (non-hydrogen) atoms. The summed E-state index contributed by atoms with van der Waals surface area (Å²) in [5.74, 6) is 0. The average Bonchev–Trinajstić information content (AvgIpc) is 1.87. The smallest absolute Gasteiger partial charge is 0.00750 e. The highest BCUT2D eigenvalue weighted by molar-refractivity contribution is 5.23. The average molecular weight is 139 g/mol. The maximum Gasteiger partial charge on any atom is 0.00750 e. The number of allylic oxidation sites excluding steroid dienone is 4. The summed E-state index contributed by atoms with van der Waals surface area (Å²) in [6, 6.07) is 0. The van der Waals surface area contributed by atoms with E-state index in [0.717, 1.165) is 0 Å². The van der Waals surface area contributed by atoms with E-state index in [2.05, 4.69) is 39.1 Å². The van der Waals surface area contributed by atoms with Crippen LogP contribution in [0.15, 0.2) is 22.9 Å². The van der Waals surface area contributed by atoms with E-state index in [9.17, 15) is 0 Å². The van der Waals surface area contributed by atoms with E-state index in [1.54, 1.807) is 0 Å². The Morgan fingerprint density at radius 2 is 1.60 bits per heavy atom. The Morgan fingerprint density at radius 3 is 1.90 bits per heavy atom. The summed E-state index contributed by atoms with van der Waals surface area (Å²) in [5.41, 5.74) is 3.92. The van der Waals surface area contributed by atoms with Gasteiger partial charge in [0.25, 0.3) is 0 Å². The van der Waals surface area contributed by atoms with Crippen molar-refractivity contribution in [2.24, 2.45) is 0 Å². The molecule has 0 fully saturated rings. The van der Waals surface area contributed by atoms with Gasteiger partial charge in [0.1, 0.15) is 0 Å². The maximum atomic E-state index is 3.08. The van der Waals surface area contributed by atoms with Gasteiger partial charge in [-0.05, 0) is 33.8 Å². The molecular formula is C9H17N. The Bertz CT molecular complexity index is 160. The number of hydrogen-bond acceptors (Lipinski definition) is 1. The quantitative estimate of drug-likeness (QED) is 0.579. The fourth-order valence-corrected chi connectivity index (χ4v) is 0.541. The molecule has 0 atom stereocenters. The number of rotatable bonds is 2. The molecule has 0 spiro atoms. The van der Waals surface area contributed by atoms with Crippen molar-refractivity contribution in [3.63, 3.8) is 0 Å². The summed E-state index contributed by atoms with van der Waals surface area (Å²) in [5, 5.41) is 3.08. The van der Waals surface area contributed by atoms with Crippen LogP contribution in [0.5, 0.6) is 0 Å². The lowest BCUT2D eigenvalue weighted by molar-refractivity contribution is 0.984. The summed E-state index contributed by atoms with van der Waals surface area (Å²) < 4.78 is 0. The van der Waals surface area contributed by atoms with Gasteiger partial charge in [0.05, 0.1) is 0 Å². The molecule has 1 N–H and O–H groups in total. The van der Waals surface area contributed by atoms with Gasteiger partial charge in [-0.1, -0.05) is 11.1 Å². The van der Waals surface area contributed by atoms with Crippen LogP contribution in [0.1, 0.15) is 27.7 Å². The van der Waals surface area contributed by atoms with Crippen LogP contribution in [0.3, 0.4) is 0 Å². The third kappa shape index (κ3) is 3.33. The van der Waals surface area contributed by atoms with Crippen LogP contribution >= 0.6 is 0 Å². The van der Waals surface area contributed by atoms with Gasteiger partial charge < -0.3 is 5.32 Å². The molecule has 0 aliphatic rings. The molecule has 0 aliphatic heterocycles. The normalized spacial score (nSPS) is 11.1. The Labute approximate surface area is 63.8 Å². The molecule has 0 radical (unpaired) electrons. The van der Waals surface area contributed by atoms with Gasteiger partial charge in [-0.15, -0.1) is 0 Å². The van der Waals surface area contributed by atoms with E-state index in [4.69, 9.17) is 0 Å². The van der Waals surface area contributed by atoms with Crippen molar-refractivity contribution < 1.29 is 0 Å². The molecule has 0 aliphatic carbocycles. The Hall–Kier alpha value is -0.720. The molecule has 1 nitrogen and oxygen atoms in total. The van der Waals surface area contributed by atoms with Gasteiger partial charge in [-0.2, -0.15) is 0 Å². The van der Waals surface area contributed by atoms with Crippen LogP contribution in [0.2, 0.25) is 0 Å². The molecule has 0 aromatic carbocycles. The summed E-state index contributed by atoms with van der Waals surface area (Å²) >= 11 is 0. The fourth-order valence-electron chi connectivity index (χ4n) is 0.541. The van der Waals surface area contributed by atoms with Crippen molar-refractivity contribution in [3.8, 4) is 0 Å². The topological polar surface area (TPSA) is 12.0 Å². The molecule has 0 aromatic heterocycles. The van der Waals surface area contributed by atoms with Gasteiger partial charge >= 0.3 is 0 Å². The highest BCUT2D eigenvalue weighted by Crippen LogP contribution is 2.04. The monoisotopic (exact) mass is 139 g/mol. The van der Waals surface area contributed by atoms with Crippen molar-refractivity contribution in [2.45, 2.75) is 27.7 Å². The summed E-state index contributed by atoms with van der Waals surface area (Å²) in [7, 11) is 1.93. The molecule has 0 saturated heterocycles. The minimum absolute atomic E-state index is 1.21. The lowest BCUT2D eigenvalue weighted by Crippen LogP contribution is -2.01. The number of nitrogens with one attached hydrogen (secondary N) is 1. The van der Waals surface area contributed by atoms with Crippen LogP contribution in [0, 0.1) is 0 Å². The van der Waals surface area contributed by atoms with Crippen LogP contribution < -0.4 is 5.32 Å². The second kappa shape index (κ2) is 4.15. The zero-order valence-corrected chi connectivity index (χ0v) is 7.58. The van der Waals surface area contributed by atoms with Crippen LogP contribution in [0.4, 0.5) is 0 Å². The van der Waals surface area contributed by atoms with Crippen molar-refractivity contribution in [1.29, 1.82) is 0 Å². The minimum Gasteiger partial charge on any atom is -0.392 e. The van der Waals surface area contributed by atoms with Gasteiger partial charge in [-0.3, -0.25) is 0 Å². The van der Waals surface area contributed by atoms with Crippen molar-refractivity contribution in [2.75, 3.05) is 7.05 Å². The summed E-state index contributed by atoms with van der Waals surface area (Å²) in [6.07, 6.45) is 2.15. The molecular weight excluding hydrogens is 122 g/mol. The third-order valence-corrected chi connectivity index (χ3v) is 1.62. The first-order valence-electron chi connectivity index (χ1n) is 3.58. The van der Waals surface area contributed by atoms with Crippen molar-refractivity contribution in [3.05, 3.63) is 22.9 Å². The predicted octanol–water partition coefficient (Wildman–Crippen LogP) is 2.47. The SMILES string of the molecule is CN/C(C)=C\C(C)=C(C)C. The van der Waals surface area contributed by atoms with E-state index in [0.29, 0.717) is 0 Å². The van der Waals surface area contributed by atoms with Crippen molar-refractivity contribution in [1.82, 2.24) is 5.32 Å². The first-order valence-corrected chi connectivity index (χ1v) is 3.58. The largest absolute Gasteiger partial charge is 0.392 e. The maximum absolute atomic E-state index is 3.08. The number of hydrogen-bond donors (Lipinski definition) is 1. The predicted molar refractivity (Wildman–Crippen MR) is 46.9 cm³/mol. The first kappa shape index (κ1) is 9.28. The second-order valence-electron chi connectivity index (χ2n) is 2.76. The third-order valence-electron chi connectivity index (χ3n) is 1.62. The Kier molecular flexibility index (Phi) is 3.85. The van der Waals surface area contributed by atoms with E-state index in [-0.39, 0.29) is 0 Å². The molecule has 0 aromatic rings. The van der Waals surface area contributed by atoms with Gasteiger partial charge in [0, 0.05) is 12.7 Å². The Morgan fingerprint density at radius 1 is 1.10 bits per heavy atom. The van der Waals surface area contributed by atoms with Crippen LogP contribution in [0.25, 0.3) is 0 Å². The van der Waals surface area contributed by atoms with Crippen molar-refractivity contribution >= 4 is 0 Å². The summed E-state index contributed by atoms with van der Waals surface area (Å²) in [6.45, 7) is 8.42. The standard InChI is InChI=1S/C9H17N/c1-7(2)8(3)6-9(4)10-5/h6,10H,1-5H3/b9-6-. The van der Waals surface area contributed by atoms with Gasteiger partial charge in [0.2, 0.25) is 0 Å². The van der Waals surface area contributed by atoms with E-state index < -0.39 is 0 Å². The van der Waals surface area contributed by atoms with E-state index in [1.807, 2.05) is 7.05 Å². The first-order chi connectivity index (χ1) is 4.57. The fraction of sp³-hybridized carbons (Fsp3) is 0.556. The van der Waals surface area contributed by atoms with Crippen LogP contribution in [-0.2, 0) is 0 Å². The molecule has 58 valence electrons. The molecule has 0 bridgehead atoms. The van der Waals surface area contributed by atoms with E-state index in [1.165, 1.54) is 16.8 Å². The second-order valence-corrected chi connectivity index (χ2v) is 2.76. The molecule has 0 saturated carbocycles. The lowest BCUT2D eigenvalue weighted by atomic mass is 10.1. The summed E-state index contributed by atoms with van der Waals surface area (Å²) in [4.78, 5) is 0. The molecule has 0 unspecified atom stereocenters. The minimum atomic E-state index is 1.21. The van der Waals surface area contributed by atoms with Crippen LogP contribution in [-0.4, -0.2) is 7.05 Å². The van der Waals surface area contributed by atoms with Gasteiger partial charge in [-0.25, -0.2) is 0 Å². The zero-order chi connectivity index (χ0) is 8.15. The van der Waals surface area contributed by atoms with E-state index >= 15 is 0 Å². The molecule has 0 rings (SSSR count). The lowest BCUT2D eigenvalue weighted by Gasteiger charge is -2.00. The molecule has 1 heteroatoms. The highest BCUT2D eigenvalue weighted by atomic mass is 14.8. The molecule has 0 heterocycles. The van der Waals surface area contributed by atoms with Gasteiger partial charge in [0.15, 0.2) is 0 Å². The molecule has 0 amide bonds. The Balaban J connectivity index is 4.27.